The molecule has 2 aliphatic heterocycles. The molecular weight excluding hydrogens is 274 g/mol. The van der Waals surface area contributed by atoms with Crippen molar-refractivity contribution in [1.29, 1.82) is 0 Å². The van der Waals surface area contributed by atoms with Crippen molar-refractivity contribution in [3.05, 3.63) is 11.8 Å². The van der Waals surface area contributed by atoms with Gasteiger partial charge >= 0.3 is 5.97 Å². The molecular formula is C15H25NO5. The molecule has 2 heterocycles. The van der Waals surface area contributed by atoms with Gasteiger partial charge in [0.05, 0.1) is 18.2 Å². The zero-order valence-electron chi connectivity index (χ0n) is 13.1. The summed E-state index contributed by atoms with van der Waals surface area (Å²) in [5.41, 5.74) is -1.72. The Morgan fingerprint density at radius 3 is 2.71 bits per heavy atom. The van der Waals surface area contributed by atoms with Crippen LogP contribution in [-0.4, -0.2) is 65.1 Å². The van der Waals surface area contributed by atoms with Crippen LogP contribution in [0.1, 0.15) is 27.2 Å². The molecule has 0 spiro atoms. The summed E-state index contributed by atoms with van der Waals surface area (Å²) in [5, 5.41) is 20.7. The van der Waals surface area contributed by atoms with E-state index >= 15 is 0 Å². The van der Waals surface area contributed by atoms with Crippen molar-refractivity contribution < 1.29 is 24.5 Å². The molecule has 0 saturated carbocycles. The molecule has 2 rings (SSSR count). The summed E-state index contributed by atoms with van der Waals surface area (Å²) in [6.07, 6.45) is 1.25. The Kier molecular flexibility index (Phi) is 4.72. The van der Waals surface area contributed by atoms with Crippen LogP contribution >= 0.6 is 0 Å². The standard InChI is InChI=1S/C15H25NO5/c1-9(2)15(19,10(3)20-4)14(18)21-12-6-8-16-7-5-11(17)13(12)16/h6,9-11,13,17,19H,5,7-8H2,1-4H3/t10-,11+,13+,15+/m1/s1. The summed E-state index contributed by atoms with van der Waals surface area (Å²) in [7, 11) is 1.45. The van der Waals surface area contributed by atoms with Crippen molar-refractivity contribution in [2.24, 2.45) is 5.92 Å². The fourth-order valence-corrected chi connectivity index (χ4v) is 3.08. The predicted octanol–water partition coefficient (Wildman–Crippen LogP) is 0.284. The molecule has 0 bridgehead atoms. The Bertz CT molecular complexity index is 436. The van der Waals surface area contributed by atoms with E-state index in [4.69, 9.17) is 9.47 Å². The van der Waals surface area contributed by atoms with Gasteiger partial charge in [0.15, 0.2) is 5.60 Å². The third kappa shape index (κ3) is 2.73. The third-order valence-electron chi connectivity index (χ3n) is 4.68. The number of fused-ring (bicyclic) bond motifs is 1. The minimum atomic E-state index is -1.72. The third-order valence-corrected chi connectivity index (χ3v) is 4.68. The number of rotatable bonds is 5. The average Bonchev–Trinajstić information content (AvgIpc) is 3.01. The molecule has 0 aromatic heterocycles. The van der Waals surface area contributed by atoms with Crippen molar-refractivity contribution in [3.8, 4) is 0 Å². The van der Waals surface area contributed by atoms with Gasteiger partial charge in [-0.15, -0.1) is 0 Å². The summed E-state index contributed by atoms with van der Waals surface area (Å²) in [6.45, 7) is 6.57. The van der Waals surface area contributed by atoms with Gasteiger partial charge in [-0.3, -0.25) is 4.90 Å². The van der Waals surface area contributed by atoms with Crippen LogP contribution in [0.4, 0.5) is 0 Å². The highest BCUT2D eigenvalue weighted by Crippen LogP contribution is 2.32. The lowest BCUT2D eigenvalue weighted by molar-refractivity contribution is -0.184. The fourth-order valence-electron chi connectivity index (χ4n) is 3.08. The first-order chi connectivity index (χ1) is 9.82. The number of methoxy groups -OCH3 is 1. The monoisotopic (exact) mass is 299 g/mol. The Balaban J connectivity index is 2.13. The van der Waals surface area contributed by atoms with Crippen LogP contribution in [0.2, 0.25) is 0 Å². The highest BCUT2D eigenvalue weighted by molar-refractivity contribution is 5.81. The molecule has 21 heavy (non-hydrogen) atoms. The number of hydrogen-bond acceptors (Lipinski definition) is 6. The van der Waals surface area contributed by atoms with Crippen molar-refractivity contribution in [1.82, 2.24) is 4.90 Å². The first-order valence-corrected chi connectivity index (χ1v) is 7.42. The largest absolute Gasteiger partial charge is 0.427 e. The molecule has 0 aliphatic carbocycles. The maximum absolute atomic E-state index is 12.5. The first kappa shape index (κ1) is 16.4. The second-order valence-electron chi connectivity index (χ2n) is 6.15. The van der Waals surface area contributed by atoms with Crippen LogP contribution in [0, 0.1) is 5.92 Å². The van der Waals surface area contributed by atoms with Crippen molar-refractivity contribution in [2.75, 3.05) is 20.2 Å². The predicted molar refractivity (Wildman–Crippen MR) is 76.4 cm³/mol. The molecule has 6 heteroatoms. The summed E-state index contributed by atoms with van der Waals surface area (Å²) in [4.78, 5) is 14.5. The van der Waals surface area contributed by atoms with E-state index < -0.39 is 23.8 Å². The van der Waals surface area contributed by atoms with Crippen LogP contribution < -0.4 is 0 Å². The van der Waals surface area contributed by atoms with E-state index in [1.54, 1.807) is 26.8 Å². The van der Waals surface area contributed by atoms with Gasteiger partial charge in [0.2, 0.25) is 0 Å². The first-order valence-electron chi connectivity index (χ1n) is 7.42. The van der Waals surface area contributed by atoms with Crippen LogP contribution in [0.25, 0.3) is 0 Å². The average molecular weight is 299 g/mol. The van der Waals surface area contributed by atoms with Crippen LogP contribution in [-0.2, 0) is 14.3 Å². The highest BCUT2D eigenvalue weighted by Gasteiger charge is 2.49. The van der Waals surface area contributed by atoms with Gasteiger partial charge in [0.1, 0.15) is 5.76 Å². The minimum absolute atomic E-state index is 0.275. The number of nitrogens with zero attached hydrogens (tertiary/aromatic N) is 1. The summed E-state index contributed by atoms with van der Waals surface area (Å²) in [5.74, 6) is -0.641. The van der Waals surface area contributed by atoms with E-state index in [0.29, 0.717) is 18.7 Å². The zero-order chi connectivity index (χ0) is 15.8. The Labute approximate surface area is 125 Å². The van der Waals surface area contributed by atoms with Gasteiger partial charge in [0.25, 0.3) is 0 Å². The molecule has 120 valence electrons. The van der Waals surface area contributed by atoms with Gasteiger partial charge in [-0.2, -0.15) is 0 Å². The summed E-state index contributed by atoms with van der Waals surface area (Å²) in [6, 6.07) is -0.275. The van der Waals surface area contributed by atoms with E-state index in [-0.39, 0.29) is 12.0 Å². The van der Waals surface area contributed by atoms with E-state index in [1.165, 1.54) is 7.11 Å². The molecule has 2 N–H and O–H groups in total. The van der Waals surface area contributed by atoms with Gasteiger partial charge in [-0.25, -0.2) is 4.79 Å². The smallest absolute Gasteiger partial charge is 0.346 e. The van der Waals surface area contributed by atoms with E-state index in [9.17, 15) is 15.0 Å². The van der Waals surface area contributed by atoms with E-state index in [1.807, 2.05) is 0 Å². The number of aliphatic hydroxyl groups excluding tert-OH is 1. The lowest BCUT2D eigenvalue weighted by Gasteiger charge is -2.34. The summed E-state index contributed by atoms with van der Waals surface area (Å²) < 4.78 is 10.6. The topological polar surface area (TPSA) is 79.2 Å². The maximum atomic E-state index is 12.5. The normalized spacial score (nSPS) is 30.0. The van der Waals surface area contributed by atoms with Gasteiger partial charge in [-0.05, 0) is 25.3 Å². The molecule has 1 saturated heterocycles. The molecule has 0 radical (unpaired) electrons. The van der Waals surface area contributed by atoms with Crippen molar-refractivity contribution in [2.45, 2.75) is 51.0 Å². The van der Waals surface area contributed by atoms with Gasteiger partial charge < -0.3 is 19.7 Å². The molecule has 0 aromatic carbocycles. The number of esters is 1. The zero-order valence-corrected chi connectivity index (χ0v) is 13.1. The SMILES string of the molecule is CO[C@H](C)[C@](O)(C(=O)OC1=CCN2CC[C@H](O)[C@@H]12)C(C)C. The molecule has 0 aromatic rings. The van der Waals surface area contributed by atoms with Crippen molar-refractivity contribution in [3.63, 3.8) is 0 Å². The minimum Gasteiger partial charge on any atom is -0.427 e. The second kappa shape index (κ2) is 6.04. The van der Waals surface area contributed by atoms with Crippen molar-refractivity contribution >= 4 is 5.97 Å². The highest BCUT2D eigenvalue weighted by atomic mass is 16.6. The Hall–Kier alpha value is -0.950. The quantitative estimate of drug-likeness (QED) is 0.710. The Morgan fingerprint density at radius 2 is 2.14 bits per heavy atom. The van der Waals surface area contributed by atoms with Crippen LogP contribution in [0.5, 0.6) is 0 Å². The molecule has 6 nitrogen and oxygen atoms in total. The number of aliphatic hydroxyl groups is 2. The Morgan fingerprint density at radius 1 is 1.48 bits per heavy atom. The number of hydrogen-bond donors (Lipinski definition) is 2. The second-order valence-corrected chi connectivity index (χ2v) is 6.15. The molecule has 4 atom stereocenters. The molecule has 0 amide bonds. The van der Waals surface area contributed by atoms with Crippen LogP contribution in [0.3, 0.4) is 0 Å². The number of ether oxygens (including phenoxy) is 2. The molecule has 0 unspecified atom stereocenters. The van der Waals surface area contributed by atoms with Gasteiger partial charge in [0, 0.05) is 20.2 Å². The summed E-state index contributed by atoms with van der Waals surface area (Å²) >= 11 is 0. The van der Waals surface area contributed by atoms with E-state index in [2.05, 4.69) is 4.90 Å². The number of carbonyl (C=O) groups is 1. The molecule has 2 aliphatic rings. The lowest BCUT2D eigenvalue weighted by Crippen LogP contribution is -2.54. The van der Waals surface area contributed by atoms with E-state index in [0.717, 1.165) is 6.54 Å². The van der Waals surface area contributed by atoms with Gasteiger partial charge in [-0.1, -0.05) is 13.8 Å². The molecule has 1 fully saturated rings. The maximum Gasteiger partial charge on any atom is 0.346 e. The fraction of sp³-hybridized carbons (Fsp3) is 0.800. The lowest BCUT2D eigenvalue weighted by atomic mass is 9.85. The van der Waals surface area contributed by atoms with Crippen LogP contribution in [0.15, 0.2) is 11.8 Å². The number of carbonyl (C=O) groups excluding carboxylic acids is 1.